The molecule has 0 aliphatic carbocycles. The number of para-hydroxylation sites is 1. The molecule has 1 N–H and O–H groups in total. The Kier molecular flexibility index (Phi) is 6.66. The lowest BCUT2D eigenvalue weighted by molar-refractivity contribution is -0.113. The molecule has 0 saturated carbocycles. The summed E-state index contributed by atoms with van der Waals surface area (Å²) >= 11 is 1.34. The number of hydrogen-bond acceptors (Lipinski definition) is 6. The molecule has 2 aromatic carbocycles. The zero-order valence-corrected chi connectivity index (χ0v) is 18.1. The van der Waals surface area contributed by atoms with Crippen LogP contribution in [-0.4, -0.2) is 47.8 Å². The van der Waals surface area contributed by atoms with Crippen LogP contribution >= 0.6 is 11.8 Å². The van der Waals surface area contributed by atoms with E-state index in [1.165, 1.54) is 29.6 Å². The van der Waals surface area contributed by atoms with E-state index >= 15 is 0 Å². The fourth-order valence-corrected chi connectivity index (χ4v) is 4.29. The van der Waals surface area contributed by atoms with Crippen molar-refractivity contribution in [3.8, 4) is 0 Å². The number of anilines is 3. The van der Waals surface area contributed by atoms with Crippen LogP contribution in [-0.2, 0) is 4.79 Å². The minimum Gasteiger partial charge on any atom is -0.368 e. The topological polar surface area (TPSA) is 61.4 Å². The van der Waals surface area contributed by atoms with E-state index in [0.717, 1.165) is 42.6 Å². The summed E-state index contributed by atoms with van der Waals surface area (Å²) in [6.07, 6.45) is 3.32. The van der Waals surface area contributed by atoms with Crippen molar-refractivity contribution < 1.29 is 9.18 Å². The third-order valence-electron chi connectivity index (χ3n) is 5.16. The quantitative estimate of drug-likeness (QED) is 0.589. The molecular formula is C23H24FN5OS. The highest BCUT2D eigenvalue weighted by Crippen LogP contribution is 2.28. The fourth-order valence-electron chi connectivity index (χ4n) is 3.50. The molecule has 160 valence electrons. The van der Waals surface area contributed by atoms with Crippen molar-refractivity contribution in [2.45, 2.75) is 11.9 Å². The number of piperazine rings is 1. The van der Waals surface area contributed by atoms with Gasteiger partial charge in [-0.3, -0.25) is 4.79 Å². The van der Waals surface area contributed by atoms with Gasteiger partial charge in [-0.1, -0.05) is 36.0 Å². The van der Waals surface area contributed by atoms with E-state index in [0.29, 0.717) is 5.69 Å². The molecule has 0 unspecified atom stereocenters. The third kappa shape index (κ3) is 5.32. The van der Waals surface area contributed by atoms with Crippen LogP contribution < -0.4 is 15.1 Å². The van der Waals surface area contributed by atoms with E-state index in [1.54, 1.807) is 18.5 Å². The molecule has 0 spiro atoms. The van der Waals surface area contributed by atoms with Gasteiger partial charge >= 0.3 is 0 Å². The van der Waals surface area contributed by atoms with Crippen LogP contribution in [0.1, 0.15) is 5.56 Å². The molecule has 6 nitrogen and oxygen atoms in total. The van der Waals surface area contributed by atoms with E-state index in [1.807, 2.05) is 13.0 Å². The van der Waals surface area contributed by atoms with Gasteiger partial charge in [0, 0.05) is 49.9 Å². The average Bonchev–Trinajstić information content (AvgIpc) is 2.81. The van der Waals surface area contributed by atoms with Gasteiger partial charge in [0.2, 0.25) is 5.91 Å². The predicted octanol–water partition coefficient (Wildman–Crippen LogP) is 3.98. The number of aryl methyl sites for hydroxylation is 1. The molecule has 2 heterocycles. The summed E-state index contributed by atoms with van der Waals surface area (Å²) in [5, 5.41) is 3.50. The number of benzene rings is 2. The van der Waals surface area contributed by atoms with Gasteiger partial charge in [0.15, 0.2) is 5.82 Å². The molecule has 1 aliphatic rings. The minimum absolute atomic E-state index is 0.172. The van der Waals surface area contributed by atoms with Gasteiger partial charge in [-0.25, -0.2) is 14.4 Å². The van der Waals surface area contributed by atoms with Crippen molar-refractivity contribution in [1.29, 1.82) is 0 Å². The smallest absolute Gasteiger partial charge is 0.234 e. The van der Waals surface area contributed by atoms with E-state index in [-0.39, 0.29) is 17.5 Å². The number of carbonyl (C=O) groups excluding carboxylic acids is 1. The van der Waals surface area contributed by atoms with Crippen molar-refractivity contribution in [2.75, 3.05) is 47.0 Å². The van der Waals surface area contributed by atoms with Gasteiger partial charge in [-0.05, 0) is 36.8 Å². The Bertz CT molecular complexity index is 1040. The highest BCUT2D eigenvalue weighted by Gasteiger charge is 2.21. The van der Waals surface area contributed by atoms with Gasteiger partial charge < -0.3 is 15.1 Å². The first-order valence-electron chi connectivity index (χ1n) is 10.1. The van der Waals surface area contributed by atoms with Crippen LogP contribution in [0.2, 0.25) is 0 Å². The first kappa shape index (κ1) is 21.1. The maximum absolute atomic E-state index is 13.5. The molecule has 1 saturated heterocycles. The molecule has 1 fully saturated rings. The van der Waals surface area contributed by atoms with Crippen LogP contribution in [0.15, 0.2) is 66.0 Å². The van der Waals surface area contributed by atoms with Crippen molar-refractivity contribution in [1.82, 2.24) is 9.97 Å². The fraction of sp³-hybridized carbons (Fsp3) is 0.261. The maximum Gasteiger partial charge on any atom is 0.234 e. The number of carbonyl (C=O) groups is 1. The lowest BCUT2D eigenvalue weighted by atomic mass is 10.2. The van der Waals surface area contributed by atoms with Crippen LogP contribution in [0.5, 0.6) is 0 Å². The van der Waals surface area contributed by atoms with Gasteiger partial charge in [-0.15, -0.1) is 0 Å². The molecular weight excluding hydrogens is 413 g/mol. The number of amides is 1. The highest BCUT2D eigenvalue weighted by molar-refractivity contribution is 8.00. The summed E-state index contributed by atoms with van der Waals surface area (Å²) in [7, 11) is 0. The summed E-state index contributed by atoms with van der Waals surface area (Å²) in [6.45, 7) is 5.28. The Hall–Kier alpha value is -3.13. The minimum atomic E-state index is -0.376. The number of thioether (sulfide) groups is 1. The Morgan fingerprint density at radius 2 is 1.74 bits per heavy atom. The largest absolute Gasteiger partial charge is 0.368 e. The number of nitrogens with zero attached hydrogens (tertiary/aromatic N) is 4. The SMILES string of the molecule is Cc1ccc(F)cc1NC(=O)CSc1nccnc1N1CCN(c2ccccc2)CC1. The standard InChI is InChI=1S/C23H24FN5OS/c1-17-7-8-18(24)15-20(17)27-21(30)16-31-23-22(25-9-10-26-23)29-13-11-28(12-14-29)19-5-3-2-4-6-19/h2-10,15H,11-14,16H2,1H3,(H,27,30). The molecule has 0 atom stereocenters. The second-order valence-corrected chi connectivity index (χ2v) is 8.25. The zero-order valence-electron chi connectivity index (χ0n) is 17.3. The molecule has 4 rings (SSSR count). The Labute approximate surface area is 185 Å². The Morgan fingerprint density at radius 1 is 1.03 bits per heavy atom. The van der Waals surface area contributed by atoms with Gasteiger partial charge in [-0.2, -0.15) is 0 Å². The second kappa shape index (κ2) is 9.78. The molecule has 1 aliphatic heterocycles. The summed E-state index contributed by atoms with van der Waals surface area (Å²) in [6, 6.07) is 14.7. The van der Waals surface area contributed by atoms with Gasteiger partial charge in [0.1, 0.15) is 10.8 Å². The van der Waals surface area contributed by atoms with E-state index in [9.17, 15) is 9.18 Å². The molecule has 0 bridgehead atoms. The predicted molar refractivity (Wildman–Crippen MR) is 123 cm³/mol. The first-order valence-corrected chi connectivity index (χ1v) is 11.1. The Morgan fingerprint density at radius 3 is 2.52 bits per heavy atom. The van der Waals surface area contributed by atoms with Crippen LogP contribution in [0, 0.1) is 12.7 Å². The summed E-state index contributed by atoms with van der Waals surface area (Å²) in [4.78, 5) is 26.0. The first-order chi connectivity index (χ1) is 15.1. The lowest BCUT2D eigenvalue weighted by Crippen LogP contribution is -2.47. The zero-order chi connectivity index (χ0) is 21.6. The van der Waals surface area contributed by atoms with Gasteiger partial charge in [0.25, 0.3) is 0 Å². The van der Waals surface area contributed by atoms with E-state index < -0.39 is 0 Å². The van der Waals surface area contributed by atoms with Crippen LogP contribution in [0.4, 0.5) is 21.6 Å². The monoisotopic (exact) mass is 437 g/mol. The second-order valence-electron chi connectivity index (χ2n) is 7.29. The third-order valence-corrected chi connectivity index (χ3v) is 6.13. The number of aromatic nitrogens is 2. The number of hydrogen-bond donors (Lipinski definition) is 1. The molecule has 3 aromatic rings. The summed E-state index contributed by atoms with van der Waals surface area (Å²) < 4.78 is 13.5. The lowest BCUT2D eigenvalue weighted by Gasteiger charge is -2.37. The molecule has 0 radical (unpaired) electrons. The van der Waals surface area contributed by atoms with Crippen molar-refractivity contribution in [3.63, 3.8) is 0 Å². The Balaban J connectivity index is 1.36. The molecule has 8 heteroatoms. The summed E-state index contributed by atoms with van der Waals surface area (Å²) in [5.41, 5.74) is 2.53. The number of halogens is 1. The molecule has 1 amide bonds. The normalized spacial score (nSPS) is 13.9. The van der Waals surface area contributed by atoms with Gasteiger partial charge in [0.05, 0.1) is 5.75 Å². The van der Waals surface area contributed by atoms with Crippen molar-refractivity contribution >= 4 is 34.9 Å². The molecule has 31 heavy (non-hydrogen) atoms. The summed E-state index contributed by atoms with van der Waals surface area (Å²) in [5.74, 6) is 0.393. The van der Waals surface area contributed by atoms with Crippen molar-refractivity contribution in [3.05, 3.63) is 72.3 Å². The van der Waals surface area contributed by atoms with Crippen LogP contribution in [0.25, 0.3) is 0 Å². The van der Waals surface area contributed by atoms with E-state index in [4.69, 9.17) is 0 Å². The number of nitrogens with one attached hydrogen (secondary N) is 1. The number of rotatable bonds is 6. The van der Waals surface area contributed by atoms with Crippen LogP contribution in [0.3, 0.4) is 0 Å². The average molecular weight is 438 g/mol. The maximum atomic E-state index is 13.5. The van der Waals surface area contributed by atoms with E-state index in [2.05, 4.69) is 49.4 Å². The van der Waals surface area contributed by atoms with Crippen molar-refractivity contribution in [2.24, 2.45) is 0 Å². The molecule has 1 aromatic heterocycles. The highest BCUT2D eigenvalue weighted by atomic mass is 32.2.